The van der Waals surface area contributed by atoms with Crippen molar-refractivity contribution >= 4 is 16.7 Å². The third-order valence-electron chi connectivity index (χ3n) is 6.54. The van der Waals surface area contributed by atoms with Gasteiger partial charge in [-0.05, 0) is 26.0 Å². The minimum absolute atomic E-state index is 0.0511. The number of nitrogens with one attached hydrogen (secondary N) is 1. The molecule has 9 nitrogen and oxygen atoms in total. The molecule has 0 radical (unpaired) electrons. The molecule has 5 rings (SSSR count). The van der Waals surface area contributed by atoms with E-state index < -0.39 is 23.8 Å². The molecule has 0 saturated carbocycles. The molecule has 0 amide bonds. The van der Waals surface area contributed by atoms with E-state index in [0.717, 1.165) is 6.07 Å². The van der Waals surface area contributed by atoms with Crippen molar-refractivity contribution in [2.75, 3.05) is 36.6 Å². The first kappa shape index (κ1) is 26.1. The van der Waals surface area contributed by atoms with E-state index in [9.17, 15) is 18.0 Å². The zero-order chi connectivity index (χ0) is 27.7. The van der Waals surface area contributed by atoms with Crippen molar-refractivity contribution in [1.29, 1.82) is 5.26 Å². The second kappa shape index (κ2) is 10.7. The summed E-state index contributed by atoms with van der Waals surface area (Å²) in [6, 6.07) is 8.23. The summed E-state index contributed by atoms with van der Waals surface area (Å²) in [5, 5.41) is 14.6. The van der Waals surface area contributed by atoms with Gasteiger partial charge in [0, 0.05) is 23.5 Å². The van der Waals surface area contributed by atoms with E-state index in [4.69, 9.17) is 10.00 Å². The molecule has 1 fully saturated rings. The lowest BCUT2D eigenvalue weighted by Gasteiger charge is -2.31. The normalized spacial score (nSPS) is 14.4. The van der Waals surface area contributed by atoms with Crippen molar-refractivity contribution in [3.05, 3.63) is 81.5 Å². The van der Waals surface area contributed by atoms with Crippen LogP contribution in [0.5, 0.6) is 0 Å². The lowest BCUT2D eigenvalue weighted by Crippen LogP contribution is -2.49. The van der Waals surface area contributed by atoms with Gasteiger partial charge >= 0.3 is 0 Å². The molecule has 1 N–H and O–H groups in total. The first-order chi connectivity index (χ1) is 18.8. The molecule has 3 aromatic heterocycles. The molecule has 1 aromatic carbocycles. The predicted octanol–water partition coefficient (Wildman–Crippen LogP) is 4.25. The molecule has 4 aromatic rings. The number of nitriles is 1. The molecule has 0 aliphatic carbocycles. The predicted molar refractivity (Wildman–Crippen MR) is 139 cm³/mol. The van der Waals surface area contributed by atoms with Crippen molar-refractivity contribution in [2.45, 2.75) is 26.3 Å². The van der Waals surface area contributed by atoms with Crippen molar-refractivity contribution in [3.8, 4) is 17.2 Å². The Morgan fingerprint density at radius 3 is 2.54 bits per heavy atom. The molecule has 0 spiro atoms. The lowest BCUT2D eigenvalue weighted by molar-refractivity contribution is 0.111. The molecule has 1 saturated heterocycles. The van der Waals surface area contributed by atoms with Gasteiger partial charge in [0.1, 0.15) is 29.2 Å². The maximum atomic E-state index is 14.9. The molecular formula is C27H24F3N7O2. The standard InChI is InChI=1S/C27H24F3N7O2/c1-15(19-4-3-5-20(23(19)28)25(29)30)33-26-21-14-37(36-8-10-39-11-9-36)27(38)22(24(21)34-16(2)35-26)17-6-7-18(12-31)32-13-17/h3-7,13-15,25H,8-11H2,1-2H3,(H,33,34,35)/t15-/m1/s1. The first-order valence-electron chi connectivity index (χ1n) is 12.2. The zero-order valence-corrected chi connectivity index (χ0v) is 21.2. The monoisotopic (exact) mass is 535 g/mol. The molecule has 200 valence electrons. The number of aryl methyl sites for hydroxylation is 1. The number of ether oxygens (including phenoxy) is 1. The summed E-state index contributed by atoms with van der Waals surface area (Å²) in [5.41, 5.74) is 0.269. The van der Waals surface area contributed by atoms with Crippen LogP contribution in [-0.2, 0) is 4.74 Å². The summed E-state index contributed by atoms with van der Waals surface area (Å²) in [5.74, 6) is -0.348. The molecule has 1 atom stereocenters. The van der Waals surface area contributed by atoms with Crippen molar-refractivity contribution in [2.24, 2.45) is 0 Å². The number of benzene rings is 1. The van der Waals surface area contributed by atoms with Gasteiger partial charge in [0.25, 0.3) is 12.0 Å². The number of hydrogen-bond acceptors (Lipinski definition) is 8. The lowest BCUT2D eigenvalue weighted by atomic mass is 10.0. The fraction of sp³-hybridized carbons (Fsp3) is 0.296. The van der Waals surface area contributed by atoms with Gasteiger partial charge in [0.15, 0.2) is 0 Å². The Kier molecular flexibility index (Phi) is 7.17. The van der Waals surface area contributed by atoms with Gasteiger partial charge in [-0.2, -0.15) is 5.26 Å². The third-order valence-corrected chi connectivity index (χ3v) is 6.54. The van der Waals surface area contributed by atoms with Gasteiger partial charge in [-0.15, -0.1) is 0 Å². The largest absolute Gasteiger partial charge is 0.378 e. The Labute approximate surface area is 221 Å². The highest BCUT2D eigenvalue weighted by atomic mass is 19.3. The highest BCUT2D eigenvalue weighted by molar-refractivity contribution is 5.98. The summed E-state index contributed by atoms with van der Waals surface area (Å²) in [6.07, 6.45) is 0.103. The fourth-order valence-corrected chi connectivity index (χ4v) is 4.60. The van der Waals surface area contributed by atoms with E-state index in [1.807, 2.05) is 11.1 Å². The molecular weight excluding hydrogens is 511 g/mol. The van der Waals surface area contributed by atoms with E-state index >= 15 is 0 Å². The van der Waals surface area contributed by atoms with Crippen LogP contribution in [0.4, 0.5) is 19.0 Å². The Hall–Kier alpha value is -4.50. The van der Waals surface area contributed by atoms with E-state index in [1.165, 1.54) is 29.1 Å². The smallest absolute Gasteiger partial charge is 0.279 e. The van der Waals surface area contributed by atoms with Crippen LogP contribution in [0.15, 0.2) is 47.5 Å². The topological polar surface area (TPSA) is 109 Å². The Bertz CT molecular complexity index is 1630. The summed E-state index contributed by atoms with van der Waals surface area (Å²) >= 11 is 0. The molecule has 12 heteroatoms. The molecule has 0 unspecified atom stereocenters. The van der Waals surface area contributed by atoms with E-state index in [1.54, 1.807) is 26.1 Å². The number of anilines is 1. The zero-order valence-electron chi connectivity index (χ0n) is 21.2. The number of morpholine rings is 1. The number of halogens is 3. The molecule has 0 bridgehead atoms. The minimum atomic E-state index is -2.95. The average Bonchev–Trinajstić information content (AvgIpc) is 2.93. The quantitative estimate of drug-likeness (QED) is 0.390. The SMILES string of the molecule is Cc1nc(N[C@H](C)c2cccc(C(F)F)c2F)c2cn(N3CCOCC3)c(=O)c(-c3ccc(C#N)nc3)c2n1. The second-order valence-electron chi connectivity index (χ2n) is 9.06. The van der Waals surface area contributed by atoms with Crippen LogP contribution >= 0.6 is 0 Å². The van der Waals surface area contributed by atoms with Crippen LogP contribution in [0.1, 0.15) is 42.0 Å². The highest BCUT2D eigenvalue weighted by Crippen LogP contribution is 2.32. The Balaban J connectivity index is 1.70. The van der Waals surface area contributed by atoms with Crippen molar-refractivity contribution in [1.82, 2.24) is 19.6 Å². The van der Waals surface area contributed by atoms with Gasteiger partial charge in [-0.25, -0.2) is 32.8 Å². The summed E-state index contributed by atoms with van der Waals surface area (Å²) in [6.45, 7) is 5.10. The highest BCUT2D eigenvalue weighted by Gasteiger charge is 2.24. The van der Waals surface area contributed by atoms with Gasteiger partial charge in [0.2, 0.25) is 0 Å². The van der Waals surface area contributed by atoms with Crippen LogP contribution in [0.3, 0.4) is 0 Å². The second-order valence-corrected chi connectivity index (χ2v) is 9.06. The molecule has 1 aliphatic heterocycles. The molecule has 1 aliphatic rings. The van der Waals surface area contributed by atoms with Gasteiger partial charge < -0.3 is 15.1 Å². The number of pyridine rings is 2. The maximum Gasteiger partial charge on any atom is 0.279 e. The van der Waals surface area contributed by atoms with Crippen LogP contribution in [-0.4, -0.2) is 45.9 Å². The number of fused-ring (bicyclic) bond motifs is 1. The summed E-state index contributed by atoms with van der Waals surface area (Å²) in [4.78, 5) is 27.0. The number of nitrogens with zero attached hydrogens (tertiary/aromatic N) is 6. The number of alkyl halides is 2. The number of hydrogen-bond donors (Lipinski definition) is 1. The van der Waals surface area contributed by atoms with E-state index in [2.05, 4.69) is 20.3 Å². The van der Waals surface area contributed by atoms with Crippen LogP contribution in [0.25, 0.3) is 22.0 Å². The number of rotatable bonds is 6. The molecule has 4 heterocycles. The summed E-state index contributed by atoms with van der Waals surface area (Å²) in [7, 11) is 0. The average molecular weight is 536 g/mol. The van der Waals surface area contributed by atoms with E-state index in [0.29, 0.717) is 54.4 Å². The first-order valence-corrected chi connectivity index (χ1v) is 12.2. The Morgan fingerprint density at radius 1 is 1.13 bits per heavy atom. The Morgan fingerprint density at radius 2 is 1.87 bits per heavy atom. The van der Waals surface area contributed by atoms with Gasteiger partial charge in [0.05, 0.1) is 54.4 Å². The van der Waals surface area contributed by atoms with Gasteiger partial charge in [-0.1, -0.05) is 18.2 Å². The van der Waals surface area contributed by atoms with E-state index in [-0.39, 0.29) is 22.4 Å². The van der Waals surface area contributed by atoms with Crippen LogP contribution < -0.4 is 15.9 Å². The van der Waals surface area contributed by atoms with Crippen molar-refractivity contribution < 1.29 is 17.9 Å². The van der Waals surface area contributed by atoms with Crippen LogP contribution in [0.2, 0.25) is 0 Å². The van der Waals surface area contributed by atoms with Crippen molar-refractivity contribution in [3.63, 3.8) is 0 Å². The minimum Gasteiger partial charge on any atom is -0.378 e. The third kappa shape index (κ3) is 5.00. The number of aromatic nitrogens is 4. The fourth-order valence-electron chi connectivity index (χ4n) is 4.60. The maximum absolute atomic E-state index is 14.9. The van der Waals surface area contributed by atoms with Crippen LogP contribution in [0, 0.1) is 24.1 Å². The molecule has 39 heavy (non-hydrogen) atoms. The van der Waals surface area contributed by atoms with Gasteiger partial charge in [-0.3, -0.25) is 4.79 Å². The summed E-state index contributed by atoms with van der Waals surface area (Å²) < 4.78 is 48.5.